The third kappa shape index (κ3) is 0.700. The fourth-order valence-electron chi connectivity index (χ4n) is 1.80. The molecule has 2 aliphatic heterocycles. The normalized spacial score (nSPS) is 48.3. The van der Waals surface area contributed by atoms with Crippen LogP contribution in [0.25, 0.3) is 0 Å². The number of rotatable bonds is 1. The van der Waals surface area contributed by atoms with Crippen LogP contribution >= 0.6 is 0 Å². The highest BCUT2D eigenvalue weighted by molar-refractivity contribution is 4.90. The second-order valence-electron chi connectivity index (χ2n) is 2.95. The topological polar surface area (TPSA) is 18.5 Å². The highest BCUT2D eigenvalue weighted by Crippen LogP contribution is 2.44. The number of hydrogen-bond acceptors (Lipinski definition) is 2. The summed E-state index contributed by atoms with van der Waals surface area (Å²) in [6.07, 6.45) is 5.27. The molecule has 1 saturated carbocycles. The number of methoxy groups -OCH3 is 1. The molecule has 0 aromatic carbocycles. The van der Waals surface area contributed by atoms with E-state index in [1.807, 2.05) is 0 Å². The van der Waals surface area contributed by atoms with Crippen molar-refractivity contribution in [3.8, 4) is 0 Å². The average Bonchev–Trinajstić information content (AvgIpc) is 1.88. The van der Waals surface area contributed by atoms with Crippen LogP contribution < -0.4 is 0 Å². The Bertz CT molecular complexity index is 111. The van der Waals surface area contributed by atoms with Gasteiger partial charge in [0.25, 0.3) is 0 Å². The van der Waals surface area contributed by atoms with Gasteiger partial charge < -0.3 is 9.47 Å². The first-order valence-electron chi connectivity index (χ1n) is 3.58. The standard InChI is InChI=1S/C7H12O2/c1-8-7-4-2-3-6(5-7)9-7/h6H,2-5H2,1H3. The minimum Gasteiger partial charge on any atom is -0.353 e. The molecular weight excluding hydrogens is 116 g/mol. The van der Waals surface area contributed by atoms with E-state index in [-0.39, 0.29) is 5.79 Å². The molecule has 2 nitrogen and oxygen atoms in total. The van der Waals surface area contributed by atoms with E-state index in [9.17, 15) is 0 Å². The molecule has 2 heterocycles. The predicted octanol–water partition coefficient (Wildman–Crippen LogP) is 1.30. The molecule has 52 valence electrons. The SMILES string of the molecule is COC12CCCC(C1)O2. The minimum absolute atomic E-state index is 0.136. The van der Waals surface area contributed by atoms with Crippen molar-refractivity contribution in [3.63, 3.8) is 0 Å². The first-order valence-corrected chi connectivity index (χ1v) is 3.58. The van der Waals surface area contributed by atoms with Gasteiger partial charge in [0.2, 0.25) is 0 Å². The molecule has 0 amide bonds. The second kappa shape index (κ2) is 1.70. The van der Waals surface area contributed by atoms with Crippen LogP contribution in [-0.4, -0.2) is 19.0 Å². The summed E-state index contributed by atoms with van der Waals surface area (Å²) in [7, 11) is 1.74. The Morgan fingerprint density at radius 3 is 2.78 bits per heavy atom. The maximum atomic E-state index is 5.49. The fourth-order valence-corrected chi connectivity index (χ4v) is 1.80. The third-order valence-corrected chi connectivity index (χ3v) is 2.38. The highest BCUT2D eigenvalue weighted by Gasteiger charge is 2.48. The Hall–Kier alpha value is -0.0800. The van der Waals surface area contributed by atoms with E-state index in [0.29, 0.717) is 6.10 Å². The summed E-state index contributed by atoms with van der Waals surface area (Å²) in [6, 6.07) is 0. The van der Waals surface area contributed by atoms with E-state index in [4.69, 9.17) is 9.47 Å². The maximum Gasteiger partial charge on any atom is 0.170 e. The van der Waals surface area contributed by atoms with Crippen molar-refractivity contribution in [2.45, 2.75) is 37.6 Å². The van der Waals surface area contributed by atoms with Gasteiger partial charge in [-0.2, -0.15) is 0 Å². The molecule has 0 radical (unpaired) electrons. The zero-order valence-corrected chi connectivity index (χ0v) is 5.72. The second-order valence-corrected chi connectivity index (χ2v) is 2.95. The summed E-state index contributed by atoms with van der Waals surface area (Å²) in [6.45, 7) is 0. The summed E-state index contributed by atoms with van der Waals surface area (Å²) in [5, 5.41) is 0. The summed E-state index contributed by atoms with van der Waals surface area (Å²) in [5.74, 6) is -0.136. The molecule has 2 bridgehead atoms. The molecule has 2 heteroatoms. The van der Waals surface area contributed by atoms with E-state index >= 15 is 0 Å². The Kier molecular flexibility index (Phi) is 1.08. The Balaban J connectivity index is 2.02. The third-order valence-electron chi connectivity index (χ3n) is 2.38. The van der Waals surface area contributed by atoms with Gasteiger partial charge in [-0.3, -0.25) is 0 Å². The van der Waals surface area contributed by atoms with Gasteiger partial charge >= 0.3 is 0 Å². The maximum absolute atomic E-state index is 5.49. The van der Waals surface area contributed by atoms with Crippen LogP contribution in [0.15, 0.2) is 0 Å². The van der Waals surface area contributed by atoms with Crippen LogP contribution in [0, 0.1) is 0 Å². The molecule has 3 rings (SSSR count). The van der Waals surface area contributed by atoms with Gasteiger partial charge in [-0.15, -0.1) is 0 Å². The van der Waals surface area contributed by atoms with Crippen molar-refractivity contribution >= 4 is 0 Å². The van der Waals surface area contributed by atoms with Gasteiger partial charge in [0.05, 0.1) is 6.10 Å². The lowest BCUT2D eigenvalue weighted by molar-refractivity contribution is -0.354. The van der Waals surface area contributed by atoms with Crippen molar-refractivity contribution in [3.05, 3.63) is 0 Å². The van der Waals surface area contributed by atoms with E-state index in [2.05, 4.69) is 0 Å². The van der Waals surface area contributed by atoms with Gasteiger partial charge in [0.1, 0.15) is 0 Å². The molecule has 0 aromatic rings. The van der Waals surface area contributed by atoms with Crippen molar-refractivity contribution in [1.82, 2.24) is 0 Å². The Morgan fingerprint density at radius 1 is 1.67 bits per heavy atom. The van der Waals surface area contributed by atoms with E-state index in [1.54, 1.807) is 7.11 Å². The van der Waals surface area contributed by atoms with Crippen molar-refractivity contribution < 1.29 is 9.47 Å². The predicted molar refractivity (Wildman–Crippen MR) is 33.1 cm³/mol. The lowest BCUT2D eigenvalue weighted by Crippen LogP contribution is -2.55. The smallest absolute Gasteiger partial charge is 0.170 e. The quantitative estimate of drug-likeness (QED) is 0.530. The minimum atomic E-state index is -0.136. The van der Waals surface area contributed by atoms with Gasteiger partial charge in [-0.1, -0.05) is 0 Å². The zero-order chi connectivity index (χ0) is 6.32. The molecule has 3 aliphatic rings. The van der Waals surface area contributed by atoms with E-state index in [1.165, 1.54) is 12.8 Å². The molecule has 0 N–H and O–H groups in total. The number of fused-ring (bicyclic) bond motifs is 2. The number of hydrogen-bond donors (Lipinski definition) is 0. The molecule has 9 heavy (non-hydrogen) atoms. The van der Waals surface area contributed by atoms with Gasteiger partial charge in [0.15, 0.2) is 5.79 Å². The molecule has 0 spiro atoms. The monoisotopic (exact) mass is 128 g/mol. The van der Waals surface area contributed by atoms with E-state index in [0.717, 1.165) is 12.8 Å². The van der Waals surface area contributed by atoms with Crippen LogP contribution in [0.1, 0.15) is 25.7 Å². The van der Waals surface area contributed by atoms with Crippen molar-refractivity contribution in [2.75, 3.05) is 7.11 Å². The average molecular weight is 128 g/mol. The molecular formula is C7H12O2. The summed E-state index contributed by atoms with van der Waals surface area (Å²) in [4.78, 5) is 0. The molecule has 1 aliphatic carbocycles. The zero-order valence-electron chi connectivity index (χ0n) is 5.72. The van der Waals surface area contributed by atoms with Crippen LogP contribution in [0.3, 0.4) is 0 Å². The highest BCUT2D eigenvalue weighted by atomic mass is 16.7. The van der Waals surface area contributed by atoms with Crippen LogP contribution in [0.2, 0.25) is 0 Å². The lowest BCUT2D eigenvalue weighted by Gasteiger charge is -2.50. The fraction of sp³-hybridized carbons (Fsp3) is 1.00. The van der Waals surface area contributed by atoms with Crippen molar-refractivity contribution in [2.24, 2.45) is 0 Å². The Labute approximate surface area is 55.1 Å². The molecule has 2 unspecified atom stereocenters. The van der Waals surface area contributed by atoms with Crippen LogP contribution in [0.4, 0.5) is 0 Å². The van der Waals surface area contributed by atoms with Crippen LogP contribution in [-0.2, 0) is 9.47 Å². The largest absolute Gasteiger partial charge is 0.353 e. The summed E-state index contributed by atoms with van der Waals surface area (Å²) >= 11 is 0. The first-order chi connectivity index (χ1) is 4.35. The molecule has 2 saturated heterocycles. The first kappa shape index (κ1) is 5.69. The molecule has 3 fully saturated rings. The van der Waals surface area contributed by atoms with Gasteiger partial charge in [0, 0.05) is 20.0 Å². The van der Waals surface area contributed by atoms with E-state index < -0.39 is 0 Å². The molecule has 2 atom stereocenters. The van der Waals surface area contributed by atoms with Crippen LogP contribution in [0.5, 0.6) is 0 Å². The van der Waals surface area contributed by atoms with Gasteiger partial charge in [-0.25, -0.2) is 0 Å². The summed E-state index contributed by atoms with van der Waals surface area (Å²) < 4.78 is 10.7. The van der Waals surface area contributed by atoms with Gasteiger partial charge in [-0.05, 0) is 12.8 Å². The number of ether oxygens (including phenoxy) is 2. The molecule has 0 aromatic heterocycles. The summed E-state index contributed by atoms with van der Waals surface area (Å²) in [5.41, 5.74) is 0. The lowest BCUT2D eigenvalue weighted by atomic mass is 9.85. The van der Waals surface area contributed by atoms with Crippen molar-refractivity contribution in [1.29, 1.82) is 0 Å². The Morgan fingerprint density at radius 2 is 2.44 bits per heavy atom.